The molecule has 0 heterocycles. The van der Waals surface area contributed by atoms with Gasteiger partial charge in [-0.05, 0) is 53.0 Å². The van der Waals surface area contributed by atoms with E-state index in [9.17, 15) is 15.3 Å². The van der Waals surface area contributed by atoms with Gasteiger partial charge in [0.2, 0.25) is 0 Å². The zero-order chi connectivity index (χ0) is 24.8. The maximum atomic E-state index is 13.2. The number of allylic oxidation sites excluding steroid dienone is 2. The predicted octanol–water partition coefficient (Wildman–Crippen LogP) is 5.82. The van der Waals surface area contributed by atoms with Crippen molar-refractivity contribution in [3.05, 3.63) is 119 Å². The van der Waals surface area contributed by atoms with Gasteiger partial charge in [-0.1, -0.05) is 72.8 Å². The number of nitrogens with zero attached hydrogens (tertiary/aromatic N) is 2. The summed E-state index contributed by atoms with van der Waals surface area (Å²) in [6, 6.07) is 30.9. The lowest BCUT2D eigenvalue weighted by atomic mass is 9.69. The summed E-state index contributed by atoms with van der Waals surface area (Å²) in [6.07, 6.45) is 1.68. The van der Waals surface area contributed by atoms with E-state index in [4.69, 9.17) is 9.47 Å². The molecule has 0 bridgehead atoms. The Kier molecular flexibility index (Phi) is 6.81. The van der Waals surface area contributed by atoms with Crippen molar-refractivity contribution in [1.82, 2.24) is 0 Å². The summed E-state index contributed by atoms with van der Waals surface area (Å²) in [5.41, 5.74) is 2.17. The molecule has 5 nitrogen and oxygen atoms in total. The molecule has 0 fully saturated rings. The Morgan fingerprint density at radius 3 is 1.89 bits per heavy atom. The molecule has 0 saturated heterocycles. The number of carbonyl (C=O) groups is 1. The molecule has 0 saturated carbocycles. The van der Waals surface area contributed by atoms with E-state index in [1.165, 1.54) is 0 Å². The maximum Gasteiger partial charge on any atom is 0.334 e. The fourth-order valence-corrected chi connectivity index (χ4v) is 4.59. The molecule has 1 aliphatic carbocycles. The van der Waals surface area contributed by atoms with Crippen LogP contribution in [-0.4, -0.2) is 19.7 Å². The van der Waals surface area contributed by atoms with Crippen molar-refractivity contribution < 1.29 is 14.3 Å². The van der Waals surface area contributed by atoms with E-state index < -0.39 is 17.3 Å². The number of nitriles is 2. The van der Waals surface area contributed by atoms with E-state index in [0.717, 1.165) is 16.7 Å². The molecular weight excluding hydrogens is 436 g/mol. The van der Waals surface area contributed by atoms with E-state index in [-0.39, 0.29) is 12.2 Å². The highest BCUT2D eigenvalue weighted by molar-refractivity contribution is 5.97. The van der Waals surface area contributed by atoms with Gasteiger partial charge in [0.25, 0.3) is 0 Å². The molecule has 35 heavy (non-hydrogen) atoms. The summed E-state index contributed by atoms with van der Waals surface area (Å²) in [4.78, 5) is 13.2. The van der Waals surface area contributed by atoms with E-state index in [1.807, 2.05) is 60.7 Å². The molecule has 0 amide bonds. The second-order valence-electron chi connectivity index (χ2n) is 8.08. The number of esters is 1. The first kappa shape index (κ1) is 23.5. The van der Waals surface area contributed by atoms with Gasteiger partial charge in [-0.2, -0.15) is 10.5 Å². The van der Waals surface area contributed by atoms with E-state index >= 15 is 0 Å². The highest BCUT2D eigenvalue weighted by Gasteiger charge is 2.53. The van der Waals surface area contributed by atoms with Crippen molar-refractivity contribution >= 4 is 11.5 Å². The van der Waals surface area contributed by atoms with Crippen LogP contribution in [0.1, 0.15) is 29.5 Å². The van der Waals surface area contributed by atoms with Gasteiger partial charge in [-0.15, -0.1) is 0 Å². The van der Waals surface area contributed by atoms with Gasteiger partial charge < -0.3 is 9.47 Å². The molecule has 5 heteroatoms. The van der Waals surface area contributed by atoms with Gasteiger partial charge in [0.15, 0.2) is 5.41 Å². The quantitative estimate of drug-likeness (QED) is 0.433. The zero-order valence-electron chi connectivity index (χ0n) is 19.6. The molecule has 3 aromatic carbocycles. The zero-order valence-corrected chi connectivity index (χ0v) is 19.6. The minimum atomic E-state index is -1.66. The van der Waals surface area contributed by atoms with Gasteiger partial charge >= 0.3 is 5.97 Å². The van der Waals surface area contributed by atoms with Crippen LogP contribution in [0.4, 0.5) is 0 Å². The lowest BCUT2D eigenvalue weighted by Gasteiger charge is -2.27. The number of hydrogen-bond acceptors (Lipinski definition) is 5. The Labute approximate surface area is 205 Å². The molecular formula is C30H24N2O3. The highest BCUT2D eigenvalue weighted by Crippen LogP contribution is 2.55. The van der Waals surface area contributed by atoms with E-state index in [0.29, 0.717) is 16.9 Å². The lowest BCUT2D eigenvalue weighted by Crippen LogP contribution is -2.27. The van der Waals surface area contributed by atoms with Crippen LogP contribution in [0, 0.1) is 28.1 Å². The summed E-state index contributed by atoms with van der Waals surface area (Å²) < 4.78 is 10.6. The maximum absolute atomic E-state index is 13.2. The number of hydrogen-bond donors (Lipinski definition) is 0. The monoisotopic (exact) mass is 460 g/mol. The fraction of sp³-hybridized carbons (Fsp3) is 0.167. The molecule has 3 aromatic rings. The number of ether oxygens (including phenoxy) is 2. The van der Waals surface area contributed by atoms with Gasteiger partial charge in [0.05, 0.1) is 31.8 Å². The first-order chi connectivity index (χ1) is 17.1. The van der Waals surface area contributed by atoms with E-state index in [1.54, 1.807) is 44.4 Å². The van der Waals surface area contributed by atoms with Crippen molar-refractivity contribution in [2.75, 3.05) is 13.7 Å². The average Bonchev–Trinajstić information content (AvgIpc) is 3.25. The highest BCUT2D eigenvalue weighted by atomic mass is 16.5. The molecule has 172 valence electrons. The summed E-state index contributed by atoms with van der Waals surface area (Å²) >= 11 is 0. The van der Waals surface area contributed by atoms with Crippen molar-refractivity contribution in [2.45, 2.75) is 12.8 Å². The Balaban J connectivity index is 2.08. The van der Waals surface area contributed by atoms with Crippen LogP contribution in [0.5, 0.6) is 5.75 Å². The molecule has 1 atom stereocenters. The van der Waals surface area contributed by atoms with Gasteiger partial charge in [0, 0.05) is 5.57 Å². The largest absolute Gasteiger partial charge is 0.497 e. The smallest absolute Gasteiger partial charge is 0.334 e. The normalized spacial score (nSPS) is 15.9. The SMILES string of the molecule is CCOC(=O)C1=CC(=C(c2ccccc2)c2ccccc2)C(C#N)(C#N)C1c1ccc(OC)cc1. The lowest BCUT2D eigenvalue weighted by molar-refractivity contribution is -0.138. The third-order valence-corrected chi connectivity index (χ3v) is 6.18. The third-order valence-electron chi connectivity index (χ3n) is 6.18. The third kappa shape index (κ3) is 4.21. The number of benzene rings is 3. The average molecular weight is 461 g/mol. The van der Waals surface area contributed by atoms with Gasteiger partial charge in [0.1, 0.15) is 5.75 Å². The van der Waals surface area contributed by atoms with Crippen LogP contribution in [0.3, 0.4) is 0 Å². The van der Waals surface area contributed by atoms with Gasteiger partial charge in [-0.25, -0.2) is 4.79 Å². The second kappa shape index (κ2) is 10.1. The van der Waals surface area contributed by atoms with Crippen molar-refractivity contribution in [3.63, 3.8) is 0 Å². The van der Waals surface area contributed by atoms with Gasteiger partial charge in [-0.3, -0.25) is 0 Å². The van der Waals surface area contributed by atoms with Crippen LogP contribution in [0.25, 0.3) is 5.57 Å². The molecule has 4 rings (SSSR count). The fourth-order valence-electron chi connectivity index (χ4n) is 4.59. The molecule has 0 spiro atoms. The summed E-state index contributed by atoms with van der Waals surface area (Å²) in [5.74, 6) is -0.739. The van der Waals surface area contributed by atoms with Crippen LogP contribution in [-0.2, 0) is 9.53 Å². The van der Waals surface area contributed by atoms with Crippen molar-refractivity contribution in [3.8, 4) is 17.9 Å². The first-order valence-corrected chi connectivity index (χ1v) is 11.3. The Hall–Kier alpha value is -4.61. The van der Waals surface area contributed by atoms with Crippen LogP contribution in [0.15, 0.2) is 102 Å². The van der Waals surface area contributed by atoms with Crippen LogP contribution >= 0.6 is 0 Å². The predicted molar refractivity (Wildman–Crippen MR) is 133 cm³/mol. The Morgan fingerprint density at radius 1 is 0.886 bits per heavy atom. The second-order valence-corrected chi connectivity index (χ2v) is 8.08. The van der Waals surface area contributed by atoms with E-state index in [2.05, 4.69) is 12.1 Å². The topological polar surface area (TPSA) is 83.1 Å². The first-order valence-electron chi connectivity index (χ1n) is 11.3. The summed E-state index contributed by atoms with van der Waals surface area (Å²) in [6.45, 7) is 1.91. The van der Waals surface area contributed by atoms with Crippen LogP contribution in [0.2, 0.25) is 0 Å². The Morgan fingerprint density at radius 2 is 1.43 bits per heavy atom. The molecule has 0 radical (unpaired) electrons. The van der Waals surface area contributed by atoms with Crippen molar-refractivity contribution in [2.24, 2.45) is 5.41 Å². The molecule has 0 N–H and O–H groups in total. The summed E-state index contributed by atoms with van der Waals surface area (Å²) in [5, 5.41) is 21.1. The minimum absolute atomic E-state index is 0.181. The Bertz CT molecular complexity index is 1300. The molecule has 1 unspecified atom stereocenters. The minimum Gasteiger partial charge on any atom is -0.497 e. The standard InChI is InChI=1S/C30H24N2O3/c1-3-35-29(33)25-18-26(27(21-10-6-4-7-11-21)22-12-8-5-9-13-22)30(19-31,20-32)28(25)23-14-16-24(34-2)17-15-23/h4-18,28H,3H2,1-2H3. The molecule has 0 aliphatic heterocycles. The number of carbonyl (C=O) groups excluding carboxylic acids is 1. The van der Waals surface area contributed by atoms with Crippen LogP contribution < -0.4 is 4.74 Å². The molecule has 0 aromatic heterocycles. The number of methoxy groups -OCH3 is 1. The van der Waals surface area contributed by atoms with Crippen molar-refractivity contribution in [1.29, 1.82) is 10.5 Å². The molecule has 1 aliphatic rings. The summed E-state index contributed by atoms with van der Waals surface area (Å²) in [7, 11) is 1.57. The number of rotatable bonds is 6.